The first-order chi connectivity index (χ1) is 8.78. The van der Waals surface area contributed by atoms with Crippen LogP contribution in [0, 0.1) is 5.92 Å². The molecule has 0 aliphatic heterocycles. The molecule has 1 aromatic heterocycles. The lowest BCUT2D eigenvalue weighted by Crippen LogP contribution is -2.29. The average Bonchev–Trinajstić information content (AvgIpc) is 2.94. The summed E-state index contributed by atoms with van der Waals surface area (Å²) in [7, 11) is 2.05. The average molecular weight is 262 g/mol. The predicted molar refractivity (Wildman–Crippen MR) is 74.9 cm³/mol. The Labute approximate surface area is 111 Å². The normalized spacial score (nSPS) is 28.0. The number of rotatable bonds is 3. The Kier molecular flexibility index (Phi) is 3.31. The van der Waals surface area contributed by atoms with Gasteiger partial charge >= 0.3 is 0 Å². The van der Waals surface area contributed by atoms with Gasteiger partial charge in [0.25, 0.3) is 5.22 Å². The molecule has 0 bridgehead atoms. The fraction of sp³-hybridized carbons (Fsp3) is 0.500. The topological polar surface area (TPSA) is 38.1 Å². The van der Waals surface area contributed by atoms with Crippen molar-refractivity contribution in [3.63, 3.8) is 0 Å². The zero-order valence-corrected chi connectivity index (χ0v) is 11.5. The first-order valence-corrected chi connectivity index (χ1v) is 7.35. The Morgan fingerprint density at radius 3 is 2.89 bits per heavy atom. The van der Waals surface area contributed by atoms with Gasteiger partial charge in [-0.15, -0.1) is 0 Å². The fourth-order valence-electron chi connectivity index (χ4n) is 2.73. The highest BCUT2D eigenvalue weighted by Gasteiger charge is 2.33. The van der Waals surface area contributed by atoms with Crippen LogP contribution in [0.5, 0.6) is 0 Å². The van der Waals surface area contributed by atoms with Gasteiger partial charge in [0.05, 0.1) is 0 Å². The largest absolute Gasteiger partial charge is 0.431 e. The minimum absolute atomic E-state index is 0.607. The lowest BCUT2D eigenvalue weighted by Gasteiger charge is -2.18. The van der Waals surface area contributed by atoms with Crippen LogP contribution in [0.25, 0.3) is 11.1 Å². The molecule has 1 fully saturated rings. The van der Waals surface area contributed by atoms with E-state index in [0.717, 1.165) is 16.3 Å². The third kappa shape index (κ3) is 2.15. The van der Waals surface area contributed by atoms with Crippen LogP contribution in [0.4, 0.5) is 0 Å². The maximum absolute atomic E-state index is 5.78. The zero-order chi connectivity index (χ0) is 12.5. The summed E-state index contributed by atoms with van der Waals surface area (Å²) >= 11 is 1.79. The summed E-state index contributed by atoms with van der Waals surface area (Å²) in [5.74, 6) is 0.662. The van der Waals surface area contributed by atoms with E-state index in [1.807, 2.05) is 31.3 Å². The van der Waals surface area contributed by atoms with Gasteiger partial charge in [0.1, 0.15) is 5.52 Å². The fourth-order valence-corrected chi connectivity index (χ4v) is 3.94. The van der Waals surface area contributed by atoms with Crippen molar-refractivity contribution < 1.29 is 4.42 Å². The highest BCUT2D eigenvalue weighted by Crippen LogP contribution is 2.39. The summed E-state index contributed by atoms with van der Waals surface area (Å²) in [6.07, 6.45) is 2.48. The Balaban J connectivity index is 1.76. The van der Waals surface area contributed by atoms with Crippen molar-refractivity contribution in [1.29, 1.82) is 0 Å². The highest BCUT2D eigenvalue weighted by molar-refractivity contribution is 7.99. The van der Waals surface area contributed by atoms with Crippen LogP contribution in [-0.4, -0.2) is 23.3 Å². The van der Waals surface area contributed by atoms with E-state index in [-0.39, 0.29) is 0 Å². The molecule has 0 amide bonds. The van der Waals surface area contributed by atoms with Crippen molar-refractivity contribution in [3.8, 4) is 0 Å². The minimum atomic E-state index is 0.607. The molecule has 2 aromatic rings. The molecule has 1 saturated carbocycles. The predicted octanol–water partition coefficient (Wildman–Crippen LogP) is 3.31. The Bertz CT molecular complexity index is 506. The summed E-state index contributed by atoms with van der Waals surface area (Å²) in [6, 6.07) is 8.58. The van der Waals surface area contributed by atoms with Crippen LogP contribution in [-0.2, 0) is 0 Å². The molecule has 0 saturated heterocycles. The Hall–Kier alpha value is -1.00. The summed E-state index contributed by atoms with van der Waals surface area (Å²) in [4.78, 5) is 4.54. The Morgan fingerprint density at radius 2 is 2.17 bits per heavy atom. The van der Waals surface area contributed by atoms with Crippen molar-refractivity contribution in [2.75, 3.05) is 7.05 Å². The van der Waals surface area contributed by atoms with Crippen molar-refractivity contribution in [2.45, 2.75) is 36.3 Å². The summed E-state index contributed by atoms with van der Waals surface area (Å²) in [5.41, 5.74) is 1.84. The van der Waals surface area contributed by atoms with Crippen LogP contribution >= 0.6 is 11.8 Å². The molecule has 96 valence electrons. The number of nitrogens with zero attached hydrogens (tertiary/aromatic N) is 1. The second-order valence-corrected chi connectivity index (χ2v) is 6.13. The van der Waals surface area contributed by atoms with Crippen LogP contribution < -0.4 is 5.32 Å². The van der Waals surface area contributed by atoms with Crippen molar-refractivity contribution in [2.24, 2.45) is 5.92 Å². The monoisotopic (exact) mass is 262 g/mol. The summed E-state index contributed by atoms with van der Waals surface area (Å²) < 4.78 is 5.78. The number of oxazole rings is 1. The SMILES string of the molecule is CNC1CCC(Sc2nc3ccccc3o2)C1C. The number of aromatic nitrogens is 1. The van der Waals surface area contributed by atoms with Gasteiger partial charge in [-0.1, -0.05) is 30.8 Å². The molecule has 1 aromatic carbocycles. The molecule has 3 atom stereocenters. The molecule has 3 rings (SSSR count). The van der Waals surface area contributed by atoms with Gasteiger partial charge in [0.2, 0.25) is 0 Å². The van der Waals surface area contributed by atoms with E-state index in [2.05, 4.69) is 17.2 Å². The molecular weight excluding hydrogens is 244 g/mol. The number of nitrogens with one attached hydrogen (secondary N) is 1. The second-order valence-electron chi connectivity index (χ2n) is 4.94. The third-order valence-corrected chi connectivity index (χ3v) is 5.22. The van der Waals surface area contributed by atoms with Gasteiger partial charge in [0, 0.05) is 11.3 Å². The van der Waals surface area contributed by atoms with E-state index in [1.165, 1.54) is 12.8 Å². The molecule has 18 heavy (non-hydrogen) atoms. The van der Waals surface area contributed by atoms with Crippen molar-refractivity contribution in [3.05, 3.63) is 24.3 Å². The molecule has 0 spiro atoms. The molecule has 1 aliphatic carbocycles. The lowest BCUT2D eigenvalue weighted by molar-refractivity contribution is 0.457. The number of hydrogen-bond donors (Lipinski definition) is 1. The molecule has 3 unspecified atom stereocenters. The number of thioether (sulfide) groups is 1. The quantitative estimate of drug-likeness (QED) is 0.921. The molecular formula is C14H18N2OS. The van der Waals surface area contributed by atoms with Crippen LogP contribution in [0.2, 0.25) is 0 Å². The van der Waals surface area contributed by atoms with Crippen LogP contribution in [0.15, 0.2) is 33.9 Å². The Morgan fingerprint density at radius 1 is 1.33 bits per heavy atom. The molecule has 1 N–H and O–H groups in total. The summed E-state index contributed by atoms with van der Waals surface area (Å²) in [5, 5.41) is 4.81. The number of hydrogen-bond acceptors (Lipinski definition) is 4. The summed E-state index contributed by atoms with van der Waals surface area (Å²) in [6.45, 7) is 2.31. The van der Waals surface area contributed by atoms with E-state index in [1.54, 1.807) is 11.8 Å². The van der Waals surface area contributed by atoms with E-state index >= 15 is 0 Å². The number of fused-ring (bicyclic) bond motifs is 1. The minimum Gasteiger partial charge on any atom is -0.431 e. The first kappa shape index (κ1) is 12.1. The molecule has 0 radical (unpaired) electrons. The van der Waals surface area contributed by atoms with E-state index < -0.39 is 0 Å². The third-order valence-electron chi connectivity index (χ3n) is 3.88. The maximum atomic E-state index is 5.78. The van der Waals surface area contributed by atoms with Gasteiger partial charge in [-0.05, 0) is 37.9 Å². The standard InChI is InChI=1S/C14H18N2OS/c1-9-10(15-2)7-8-13(9)18-14-16-11-5-3-4-6-12(11)17-14/h3-6,9-10,13,15H,7-8H2,1-2H3. The van der Waals surface area contributed by atoms with Crippen LogP contribution in [0.1, 0.15) is 19.8 Å². The number of para-hydroxylation sites is 2. The van der Waals surface area contributed by atoms with E-state index in [9.17, 15) is 0 Å². The lowest BCUT2D eigenvalue weighted by atomic mass is 10.1. The molecule has 1 heterocycles. The van der Waals surface area contributed by atoms with Gasteiger partial charge in [-0.2, -0.15) is 0 Å². The van der Waals surface area contributed by atoms with Crippen molar-refractivity contribution >= 4 is 22.9 Å². The smallest absolute Gasteiger partial charge is 0.257 e. The van der Waals surface area contributed by atoms with Crippen molar-refractivity contribution in [1.82, 2.24) is 10.3 Å². The first-order valence-electron chi connectivity index (χ1n) is 6.47. The van der Waals surface area contributed by atoms with E-state index in [0.29, 0.717) is 17.2 Å². The molecule has 4 heteroatoms. The maximum Gasteiger partial charge on any atom is 0.257 e. The number of benzene rings is 1. The van der Waals surface area contributed by atoms with Gasteiger partial charge < -0.3 is 9.73 Å². The molecule has 3 nitrogen and oxygen atoms in total. The van der Waals surface area contributed by atoms with E-state index in [4.69, 9.17) is 4.42 Å². The van der Waals surface area contributed by atoms with Gasteiger partial charge in [-0.25, -0.2) is 4.98 Å². The zero-order valence-electron chi connectivity index (χ0n) is 10.7. The van der Waals surface area contributed by atoms with Gasteiger partial charge in [0.15, 0.2) is 5.58 Å². The van der Waals surface area contributed by atoms with Gasteiger partial charge in [-0.3, -0.25) is 0 Å². The molecule has 1 aliphatic rings. The second kappa shape index (κ2) is 4.94. The van der Waals surface area contributed by atoms with Crippen LogP contribution in [0.3, 0.4) is 0 Å². The highest BCUT2D eigenvalue weighted by atomic mass is 32.2.